The minimum absolute atomic E-state index is 0.00446. The van der Waals surface area contributed by atoms with Gasteiger partial charge in [0.05, 0.1) is 6.10 Å². The third-order valence-electron chi connectivity index (χ3n) is 3.91. The van der Waals surface area contributed by atoms with Gasteiger partial charge in [-0.1, -0.05) is 31.2 Å². The van der Waals surface area contributed by atoms with E-state index in [1.54, 1.807) is 36.4 Å². The van der Waals surface area contributed by atoms with Gasteiger partial charge >= 0.3 is 0 Å². The molecule has 0 fully saturated rings. The average molecular weight is 385 g/mol. The van der Waals surface area contributed by atoms with Gasteiger partial charge in [-0.3, -0.25) is 25.8 Å². The third kappa shape index (κ3) is 6.07. The average Bonchev–Trinajstić information content (AvgIpc) is 2.66. The first kappa shape index (κ1) is 20.4. The van der Waals surface area contributed by atoms with Crippen molar-refractivity contribution in [1.29, 1.82) is 0 Å². The van der Waals surface area contributed by atoms with Gasteiger partial charge in [-0.15, -0.1) is 0 Å². The van der Waals surface area contributed by atoms with Crippen molar-refractivity contribution in [3.8, 4) is 5.75 Å². The SMILES string of the molecule is CCC(C)Oc1cccc(C(=O)NC(=S)NNC(=O)c2ccccc2C)c1. The molecule has 0 saturated carbocycles. The van der Waals surface area contributed by atoms with Crippen molar-refractivity contribution < 1.29 is 14.3 Å². The van der Waals surface area contributed by atoms with E-state index in [0.29, 0.717) is 16.9 Å². The standard InChI is InChI=1S/C20H23N3O3S/c1-4-14(3)26-16-10-7-9-15(12-16)18(24)21-20(27)23-22-19(25)17-11-6-5-8-13(17)2/h5-12,14H,4H2,1-3H3,(H,22,25)(H2,21,23,24,27). The molecule has 2 rings (SSSR count). The highest BCUT2D eigenvalue weighted by Gasteiger charge is 2.12. The summed E-state index contributed by atoms with van der Waals surface area (Å²) >= 11 is 5.06. The number of hydrazine groups is 1. The number of nitrogens with one attached hydrogen (secondary N) is 3. The van der Waals surface area contributed by atoms with Crippen LogP contribution in [0.1, 0.15) is 46.5 Å². The van der Waals surface area contributed by atoms with Gasteiger partial charge in [0.1, 0.15) is 5.75 Å². The second-order valence-corrected chi connectivity index (χ2v) is 6.45. The monoisotopic (exact) mass is 385 g/mol. The van der Waals surface area contributed by atoms with E-state index in [1.807, 2.05) is 32.9 Å². The number of thiocarbonyl (C=S) groups is 1. The first-order valence-corrected chi connectivity index (χ1v) is 9.05. The molecule has 1 unspecified atom stereocenters. The normalized spacial score (nSPS) is 11.2. The molecule has 0 saturated heterocycles. The number of benzene rings is 2. The molecule has 0 aliphatic rings. The molecular formula is C20H23N3O3S. The zero-order valence-electron chi connectivity index (χ0n) is 15.5. The maximum atomic E-state index is 12.3. The highest BCUT2D eigenvalue weighted by Crippen LogP contribution is 2.15. The molecule has 0 aliphatic carbocycles. The molecule has 1 atom stereocenters. The van der Waals surface area contributed by atoms with E-state index in [4.69, 9.17) is 17.0 Å². The van der Waals surface area contributed by atoms with Crippen LogP contribution in [0, 0.1) is 6.92 Å². The van der Waals surface area contributed by atoms with Gasteiger partial charge in [-0.2, -0.15) is 0 Å². The van der Waals surface area contributed by atoms with Crippen molar-refractivity contribution >= 4 is 29.1 Å². The minimum atomic E-state index is -0.396. The van der Waals surface area contributed by atoms with E-state index in [9.17, 15) is 9.59 Å². The number of aryl methyl sites for hydroxylation is 1. The van der Waals surface area contributed by atoms with Crippen molar-refractivity contribution in [1.82, 2.24) is 16.2 Å². The summed E-state index contributed by atoms with van der Waals surface area (Å²) in [7, 11) is 0. The van der Waals surface area contributed by atoms with Crippen LogP contribution in [0.3, 0.4) is 0 Å². The molecule has 6 nitrogen and oxygen atoms in total. The molecule has 2 amide bonds. The number of ether oxygens (including phenoxy) is 1. The summed E-state index contributed by atoms with van der Waals surface area (Å²) in [4.78, 5) is 24.5. The largest absolute Gasteiger partial charge is 0.491 e. The number of rotatable bonds is 5. The van der Waals surface area contributed by atoms with Crippen LogP contribution < -0.4 is 20.9 Å². The van der Waals surface area contributed by atoms with Crippen LogP contribution in [0.4, 0.5) is 0 Å². The Hall–Kier alpha value is -2.93. The summed E-state index contributed by atoms with van der Waals surface area (Å²) in [6.07, 6.45) is 0.924. The van der Waals surface area contributed by atoms with Crippen LogP contribution in [-0.2, 0) is 0 Å². The van der Waals surface area contributed by atoms with Gasteiger partial charge in [0.15, 0.2) is 5.11 Å². The Morgan fingerprint density at radius 2 is 1.81 bits per heavy atom. The molecule has 2 aromatic carbocycles. The van der Waals surface area contributed by atoms with Crippen molar-refractivity contribution in [2.75, 3.05) is 0 Å². The Kier molecular flexibility index (Phi) is 7.31. The molecule has 0 radical (unpaired) electrons. The maximum absolute atomic E-state index is 12.3. The number of amides is 2. The Bertz CT molecular complexity index is 839. The lowest BCUT2D eigenvalue weighted by Crippen LogP contribution is -2.48. The number of carbonyl (C=O) groups is 2. The van der Waals surface area contributed by atoms with Gasteiger partial charge in [0, 0.05) is 11.1 Å². The van der Waals surface area contributed by atoms with E-state index in [1.165, 1.54) is 0 Å². The van der Waals surface area contributed by atoms with Gasteiger partial charge < -0.3 is 4.74 Å². The predicted octanol–water partition coefficient (Wildman–Crippen LogP) is 3.12. The molecule has 7 heteroatoms. The van der Waals surface area contributed by atoms with Crippen molar-refractivity contribution in [3.63, 3.8) is 0 Å². The van der Waals surface area contributed by atoms with Crippen molar-refractivity contribution in [2.45, 2.75) is 33.3 Å². The van der Waals surface area contributed by atoms with E-state index in [-0.39, 0.29) is 17.1 Å². The van der Waals surface area contributed by atoms with Gasteiger partial charge in [-0.05, 0) is 62.3 Å². The summed E-state index contributed by atoms with van der Waals surface area (Å²) in [6, 6.07) is 14.0. The zero-order chi connectivity index (χ0) is 19.8. The second-order valence-electron chi connectivity index (χ2n) is 6.04. The van der Waals surface area contributed by atoms with Gasteiger partial charge in [0.2, 0.25) is 0 Å². The smallest absolute Gasteiger partial charge is 0.269 e. The lowest BCUT2D eigenvalue weighted by atomic mass is 10.1. The van der Waals surface area contributed by atoms with Gasteiger partial charge in [0.25, 0.3) is 11.8 Å². The van der Waals surface area contributed by atoms with E-state index in [2.05, 4.69) is 16.2 Å². The van der Waals surface area contributed by atoms with E-state index in [0.717, 1.165) is 12.0 Å². The summed E-state index contributed by atoms with van der Waals surface area (Å²) in [6.45, 7) is 5.82. The second kappa shape index (κ2) is 9.68. The Balaban J connectivity index is 1.90. The highest BCUT2D eigenvalue weighted by molar-refractivity contribution is 7.80. The van der Waals surface area contributed by atoms with Gasteiger partial charge in [-0.25, -0.2) is 0 Å². The lowest BCUT2D eigenvalue weighted by molar-refractivity contribution is 0.0934. The van der Waals surface area contributed by atoms with E-state index >= 15 is 0 Å². The molecule has 0 bridgehead atoms. The zero-order valence-corrected chi connectivity index (χ0v) is 16.4. The van der Waals surface area contributed by atoms with Crippen LogP contribution in [0.2, 0.25) is 0 Å². The van der Waals surface area contributed by atoms with Crippen LogP contribution in [0.5, 0.6) is 5.75 Å². The highest BCUT2D eigenvalue weighted by atomic mass is 32.1. The fourth-order valence-electron chi connectivity index (χ4n) is 2.24. The molecule has 27 heavy (non-hydrogen) atoms. The molecular weight excluding hydrogens is 362 g/mol. The third-order valence-corrected chi connectivity index (χ3v) is 4.12. The first-order valence-electron chi connectivity index (χ1n) is 8.64. The summed E-state index contributed by atoms with van der Waals surface area (Å²) in [5.41, 5.74) is 6.77. The Morgan fingerprint density at radius 1 is 1.07 bits per heavy atom. The number of hydrogen-bond acceptors (Lipinski definition) is 4. The molecule has 2 aromatic rings. The molecule has 142 valence electrons. The molecule has 3 N–H and O–H groups in total. The first-order chi connectivity index (χ1) is 12.9. The Morgan fingerprint density at radius 3 is 2.52 bits per heavy atom. The van der Waals surface area contributed by atoms with Crippen molar-refractivity contribution in [2.24, 2.45) is 0 Å². The summed E-state index contributed by atoms with van der Waals surface area (Å²) in [5.74, 6) is -0.121. The molecule has 0 aromatic heterocycles. The maximum Gasteiger partial charge on any atom is 0.269 e. The molecule has 0 heterocycles. The summed E-state index contributed by atoms with van der Waals surface area (Å²) in [5, 5.41) is 2.52. The fourth-order valence-corrected chi connectivity index (χ4v) is 2.39. The minimum Gasteiger partial charge on any atom is -0.491 e. The van der Waals surface area contributed by atoms with Crippen molar-refractivity contribution in [3.05, 3.63) is 65.2 Å². The number of hydrogen-bond donors (Lipinski definition) is 3. The van der Waals surface area contributed by atoms with Crippen LogP contribution in [0.15, 0.2) is 48.5 Å². The number of carbonyl (C=O) groups excluding carboxylic acids is 2. The molecule has 0 spiro atoms. The Labute approximate surface area is 164 Å². The predicted molar refractivity (Wildman–Crippen MR) is 109 cm³/mol. The summed E-state index contributed by atoms with van der Waals surface area (Å²) < 4.78 is 5.71. The topological polar surface area (TPSA) is 79.5 Å². The lowest BCUT2D eigenvalue weighted by Gasteiger charge is -2.14. The van der Waals surface area contributed by atoms with E-state index < -0.39 is 5.91 Å². The fraction of sp³-hybridized carbons (Fsp3) is 0.250. The van der Waals surface area contributed by atoms with Crippen LogP contribution >= 0.6 is 12.2 Å². The van der Waals surface area contributed by atoms with Crippen LogP contribution in [-0.4, -0.2) is 23.0 Å². The quantitative estimate of drug-likeness (QED) is 0.544. The van der Waals surface area contributed by atoms with Crippen LogP contribution in [0.25, 0.3) is 0 Å². The molecule has 0 aliphatic heterocycles.